The monoisotopic (exact) mass is 226 g/mol. The van der Waals surface area contributed by atoms with Gasteiger partial charge >= 0.3 is 0 Å². The number of benzene rings is 1. The molecule has 0 amide bonds. The minimum Gasteiger partial charge on any atom is -0.364 e. The van der Waals surface area contributed by atoms with Crippen molar-refractivity contribution in [2.24, 2.45) is 0 Å². The normalized spacial score (nSPS) is 9.71. The van der Waals surface area contributed by atoms with Crippen molar-refractivity contribution in [3.8, 4) is 17.5 Å². The van der Waals surface area contributed by atoms with Crippen molar-refractivity contribution >= 4 is 0 Å². The highest BCUT2D eigenvalue weighted by atomic mass is 16.5. The van der Waals surface area contributed by atoms with Crippen LogP contribution in [0.5, 0.6) is 0 Å². The van der Waals surface area contributed by atoms with E-state index in [4.69, 9.17) is 4.74 Å². The molecule has 86 valence electrons. The molecule has 0 saturated carbocycles. The molecular formula is C14H14N2O. The summed E-state index contributed by atoms with van der Waals surface area (Å²) in [5, 5.41) is 4.29. The first kappa shape index (κ1) is 11.4. The van der Waals surface area contributed by atoms with E-state index >= 15 is 0 Å². The molecule has 1 aromatic heterocycles. The average molecular weight is 226 g/mol. The van der Waals surface area contributed by atoms with Gasteiger partial charge in [-0.15, -0.1) is 5.92 Å². The standard InChI is InChI=1S/C14H14N2O/c1-2-3-9-17-12-13-10-15-16(11-13)14-7-5-4-6-8-14/h4-8,10-11H,9,12H2,1H3. The Labute approximate surface area is 101 Å². The Kier molecular flexibility index (Phi) is 3.95. The van der Waals surface area contributed by atoms with Crippen LogP contribution in [0.25, 0.3) is 5.69 Å². The van der Waals surface area contributed by atoms with Crippen LogP contribution in [0.2, 0.25) is 0 Å². The second-order valence-corrected chi connectivity index (χ2v) is 3.55. The van der Waals surface area contributed by atoms with Gasteiger partial charge < -0.3 is 4.74 Å². The van der Waals surface area contributed by atoms with Crippen LogP contribution in [-0.2, 0) is 11.3 Å². The lowest BCUT2D eigenvalue weighted by Gasteiger charge is -1.99. The van der Waals surface area contributed by atoms with E-state index in [1.165, 1.54) is 0 Å². The summed E-state index contributed by atoms with van der Waals surface area (Å²) in [6, 6.07) is 9.99. The van der Waals surface area contributed by atoms with Crippen LogP contribution in [0.15, 0.2) is 42.7 Å². The highest BCUT2D eigenvalue weighted by molar-refractivity contribution is 5.30. The van der Waals surface area contributed by atoms with Gasteiger partial charge in [-0.05, 0) is 19.1 Å². The van der Waals surface area contributed by atoms with Crippen LogP contribution in [0, 0.1) is 11.8 Å². The van der Waals surface area contributed by atoms with Gasteiger partial charge in [0.15, 0.2) is 0 Å². The van der Waals surface area contributed by atoms with E-state index in [0.717, 1.165) is 11.3 Å². The highest BCUT2D eigenvalue weighted by Gasteiger charge is 1.99. The fourth-order valence-corrected chi connectivity index (χ4v) is 1.45. The van der Waals surface area contributed by atoms with Crippen LogP contribution < -0.4 is 0 Å². The maximum Gasteiger partial charge on any atom is 0.108 e. The number of para-hydroxylation sites is 1. The van der Waals surface area contributed by atoms with Crippen molar-refractivity contribution in [3.05, 3.63) is 48.3 Å². The first-order valence-corrected chi connectivity index (χ1v) is 5.46. The van der Waals surface area contributed by atoms with Crippen molar-refractivity contribution in [3.63, 3.8) is 0 Å². The van der Waals surface area contributed by atoms with Crippen LogP contribution in [0.3, 0.4) is 0 Å². The van der Waals surface area contributed by atoms with Gasteiger partial charge in [0.25, 0.3) is 0 Å². The number of aromatic nitrogens is 2. The van der Waals surface area contributed by atoms with E-state index < -0.39 is 0 Å². The lowest BCUT2D eigenvalue weighted by molar-refractivity contribution is 0.153. The Bertz CT molecular complexity index is 520. The molecule has 3 heteroatoms. The Morgan fingerprint density at radius 2 is 2.12 bits per heavy atom. The molecule has 0 radical (unpaired) electrons. The van der Waals surface area contributed by atoms with Crippen molar-refractivity contribution in [1.82, 2.24) is 9.78 Å². The molecule has 1 heterocycles. The van der Waals surface area contributed by atoms with Crippen LogP contribution >= 0.6 is 0 Å². The fraction of sp³-hybridized carbons (Fsp3) is 0.214. The van der Waals surface area contributed by atoms with Crippen molar-refractivity contribution < 1.29 is 4.74 Å². The van der Waals surface area contributed by atoms with E-state index in [1.54, 1.807) is 6.92 Å². The number of rotatable bonds is 4. The Morgan fingerprint density at radius 1 is 1.29 bits per heavy atom. The number of ether oxygens (including phenoxy) is 1. The van der Waals surface area contributed by atoms with E-state index in [0.29, 0.717) is 13.2 Å². The van der Waals surface area contributed by atoms with Gasteiger partial charge in [0, 0.05) is 11.8 Å². The summed E-state index contributed by atoms with van der Waals surface area (Å²) in [6.45, 7) is 2.81. The molecule has 0 unspecified atom stereocenters. The van der Waals surface area contributed by atoms with Gasteiger partial charge in [-0.1, -0.05) is 24.1 Å². The van der Waals surface area contributed by atoms with Gasteiger partial charge in [0.2, 0.25) is 0 Å². The molecule has 0 aliphatic rings. The zero-order valence-corrected chi connectivity index (χ0v) is 9.76. The van der Waals surface area contributed by atoms with Crippen LogP contribution in [0.1, 0.15) is 12.5 Å². The van der Waals surface area contributed by atoms with Crippen molar-refractivity contribution in [1.29, 1.82) is 0 Å². The molecule has 2 rings (SSSR count). The number of hydrogen-bond donors (Lipinski definition) is 0. The summed E-state index contributed by atoms with van der Waals surface area (Å²) in [5.41, 5.74) is 2.10. The lowest BCUT2D eigenvalue weighted by atomic mass is 10.3. The van der Waals surface area contributed by atoms with E-state index in [-0.39, 0.29) is 0 Å². The lowest BCUT2D eigenvalue weighted by Crippen LogP contribution is -1.94. The summed E-state index contributed by atoms with van der Waals surface area (Å²) >= 11 is 0. The zero-order chi connectivity index (χ0) is 11.9. The molecule has 3 nitrogen and oxygen atoms in total. The Balaban J connectivity index is 1.98. The molecule has 0 atom stereocenters. The largest absolute Gasteiger partial charge is 0.364 e. The van der Waals surface area contributed by atoms with Gasteiger partial charge in [0.1, 0.15) is 6.61 Å². The molecule has 0 aliphatic carbocycles. The van der Waals surface area contributed by atoms with Crippen LogP contribution in [-0.4, -0.2) is 16.4 Å². The van der Waals surface area contributed by atoms with Crippen molar-refractivity contribution in [2.45, 2.75) is 13.5 Å². The summed E-state index contributed by atoms with van der Waals surface area (Å²) in [7, 11) is 0. The minimum absolute atomic E-state index is 0.465. The summed E-state index contributed by atoms with van der Waals surface area (Å²) in [4.78, 5) is 0. The molecule has 0 aliphatic heterocycles. The SMILES string of the molecule is CC#CCOCc1cnn(-c2ccccc2)c1. The fourth-order valence-electron chi connectivity index (χ4n) is 1.45. The summed E-state index contributed by atoms with van der Waals surface area (Å²) in [5.74, 6) is 5.65. The molecule has 1 aromatic carbocycles. The predicted molar refractivity (Wildman–Crippen MR) is 66.7 cm³/mol. The molecular weight excluding hydrogens is 212 g/mol. The predicted octanol–water partition coefficient (Wildman–Crippen LogP) is 2.41. The molecule has 0 saturated heterocycles. The Morgan fingerprint density at radius 3 is 2.88 bits per heavy atom. The molecule has 17 heavy (non-hydrogen) atoms. The first-order chi connectivity index (χ1) is 8.40. The van der Waals surface area contributed by atoms with Crippen molar-refractivity contribution in [2.75, 3.05) is 6.61 Å². The molecule has 2 aromatic rings. The van der Waals surface area contributed by atoms with E-state index in [9.17, 15) is 0 Å². The second kappa shape index (κ2) is 5.88. The molecule has 0 N–H and O–H groups in total. The third-order valence-corrected chi connectivity index (χ3v) is 2.28. The summed E-state index contributed by atoms with van der Waals surface area (Å²) < 4.78 is 7.22. The third-order valence-electron chi connectivity index (χ3n) is 2.28. The number of hydrogen-bond acceptors (Lipinski definition) is 2. The average Bonchev–Trinajstić information content (AvgIpc) is 2.85. The smallest absolute Gasteiger partial charge is 0.108 e. The number of nitrogens with zero attached hydrogens (tertiary/aromatic N) is 2. The van der Waals surface area contributed by atoms with Gasteiger partial charge in [-0.3, -0.25) is 0 Å². The van der Waals surface area contributed by atoms with Gasteiger partial charge in [-0.2, -0.15) is 5.10 Å². The first-order valence-electron chi connectivity index (χ1n) is 5.46. The topological polar surface area (TPSA) is 27.1 Å². The molecule has 0 fully saturated rings. The maximum absolute atomic E-state index is 5.38. The van der Waals surface area contributed by atoms with Gasteiger partial charge in [0.05, 0.1) is 18.5 Å². The van der Waals surface area contributed by atoms with E-state index in [2.05, 4.69) is 16.9 Å². The second-order valence-electron chi connectivity index (χ2n) is 3.55. The van der Waals surface area contributed by atoms with E-state index in [1.807, 2.05) is 47.4 Å². The summed E-state index contributed by atoms with van der Waals surface area (Å²) in [6.07, 6.45) is 3.78. The molecule has 0 spiro atoms. The maximum atomic E-state index is 5.38. The minimum atomic E-state index is 0.465. The molecule has 0 bridgehead atoms. The van der Waals surface area contributed by atoms with Crippen LogP contribution in [0.4, 0.5) is 0 Å². The Hall–Kier alpha value is -2.05. The zero-order valence-electron chi connectivity index (χ0n) is 9.76. The quantitative estimate of drug-likeness (QED) is 0.591. The highest BCUT2D eigenvalue weighted by Crippen LogP contribution is 2.08. The third kappa shape index (κ3) is 3.20. The van der Waals surface area contributed by atoms with Gasteiger partial charge in [-0.25, -0.2) is 4.68 Å².